The van der Waals surface area contributed by atoms with Crippen LogP contribution in [0, 0.1) is 0 Å². The third-order valence-corrected chi connectivity index (χ3v) is 19.2. The summed E-state index contributed by atoms with van der Waals surface area (Å²) in [4.78, 5) is 21.4. The van der Waals surface area contributed by atoms with Crippen LogP contribution in [0.2, 0.25) is 0 Å². The Bertz CT molecular complexity index is 4720. The molecule has 4 aromatic heterocycles. The summed E-state index contributed by atoms with van der Waals surface area (Å²) in [5, 5.41) is 5.25. The molecule has 3 aliphatic carbocycles. The second-order valence-electron chi connectivity index (χ2n) is 21.6. The van der Waals surface area contributed by atoms with Crippen molar-refractivity contribution in [2.45, 2.75) is 11.8 Å². The standard InChI is InChI=1S/C76H46N4S2/c1-3-13-47(14-4-1)65-43-67(49-27-23-45(24-28-49)51-31-35-57-55-17-9-11-21-69(55)81-71(57)41-51)79-75(77-65)53-33-37-61-63(39-53)73-59-19-7-8-20-60(59)74(61)64-40-54(34-38-62(64)73)76-78-66(48-15-5-2-6-16-48)44-68(80-76)50-29-25-46(26-30-50)52-32-36-58-56-18-10-12-22-70(56)82-72(58)42-52/h1-44,73-74H/t73-,74?/m1/s1. The zero-order chi connectivity index (χ0) is 53.8. The first kappa shape index (κ1) is 46.9. The van der Waals surface area contributed by atoms with Gasteiger partial charge >= 0.3 is 0 Å². The highest BCUT2D eigenvalue weighted by atomic mass is 32.1. The Kier molecular flexibility index (Phi) is 10.8. The molecule has 0 aliphatic heterocycles. The van der Waals surface area contributed by atoms with Crippen LogP contribution in [0.3, 0.4) is 0 Å². The molecule has 4 heterocycles. The van der Waals surface area contributed by atoms with E-state index in [0.29, 0.717) is 11.6 Å². The largest absolute Gasteiger partial charge is 0.228 e. The normalized spacial score (nSPS) is 14.1. The summed E-state index contributed by atoms with van der Waals surface area (Å²) in [6.07, 6.45) is 0. The third-order valence-electron chi connectivity index (χ3n) is 16.9. The van der Waals surface area contributed by atoms with Crippen LogP contribution in [0.5, 0.6) is 0 Å². The van der Waals surface area contributed by atoms with Gasteiger partial charge in [0.1, 0.15) is 0 Å². The van der Waals surface area contributed by atoms with Gasteiger partial charge in [-0.25, -0.2) is 19.9 Å². The molecule has 18 rings (SSSR count). The number of thiophene rings is 2. The zero-order valence-electron chi connectivity index (χ0n) is 44.2. The first-order valence-electron chi connectivity index (χ1n) is 27.9. The third kappa shape index (κ3) is 7.78. The molecule has 2 bridgehead atoms. The van der Waals surface area contributed by atoms with Crippen LogP contribution in [-0.2, 0) is 0 Å². The van der Waals surface area contributed by atoms with Gasteiger partial charge in [0, 0.05) is 85.6 Å². The molecule has 0 saturated carbocycles. The lowest BCUT2D eigenvalue weighted by molar-refractivity contribution is 0.754. The van der Waals surface area contributed by atoms with E-state index in [-0.39, 0.29) is 11.8 Å². The Balaban J connectivity index is 0.726. The van der Waals surface area contributed by atoms with Crippen molar-refractivity contribution in [2.75, 3.05) is 0 Å². The van der Waals surface area contributed by atoms with Gasteiger partial charge < -0.3 is 0 Å². The molecule has 1 unspecified atom stereocenters. The average molecular weight is 1080 g/mol. The predicted molar refractivity (Wildman–Crippen MR) is 342 cm³/mol. The van der Waals surface area contributed by atoms with Gasteiger partial charge in [-0.2, -0.15) is 0 Å². The number of rotatable bonds is 8. The van der Waals surface area contributed by atoms with Crippen molar-refractivity contribution in [1.82, 2.24) is 19.9 Å². The molecule has 3 aliphatic rings. The minimum Gasteiger partial charge on any atom is -0.228 e. The Labute approximate surface area is 482 Å². The molecule has 0 spiro atoms. The van der Waals surface area contributed by atoms with E-state index in [4.69, 9.17) is 19.9 Å². The van der Waals surface area contributed by atoms with Gasteiger partial charge in [0.15, 0.2) is 11.6 Å². The number of aromatic nitrogens is 4. The van der Waals surface area contributed by atoms with Crippen LogP contribution >= 0.6 is 22.7 Å². The van der Waals surface area contributed by atoms with Crippen molar-refractivity contribution < 1.29 is 0 Å². The molecule has 11 aromatic carbocycles. The van der Waals surface area contributed by atoms with Crippen LogP contribution in [0.1, 0.15) is 45.2 Å². The zero-order valence-corrected chi connectivity index (χ0v) is 45.8. The van der Waals surface area contributed by atoms with Gasteiger partial charge in [-0.1, -0.05) is 218 Å². The Hall–Kier alpha value is -9.98. The molecule has 0 amide bonds. The van der Waals surface area contributed by atoms with Crippen LogP contribution < -0.4 is 0 Å². The second kappa shape index (κ2) is 18.8. The van der Waals surface area contributed by atoms with Gasteiger partial charge in [-0.05, 0) is 104 Å². The molecule has 0 saturated heterocycles. The van der Waals surface area contributed by atoms with E-state index in [2.05, 4.69) is 267 Å². The summed E-state index contributed by atoms with van der Waals surface area (Å²) in [6, 6.07) is 96.8. The lowest BCUT2D eigenvalue weighted by Gasteiger charge is -2.42. The summed E-state index contributed by atoms with van der Waals surface area (Å²) < 4.78 is 5.23. The van der Waals surface area contributed by atoms with Gasteiger partial charge in [0.25, 0.3) is 0 Å². The molecule has 382 valence electrons. The van der Waals surface area contributed by atoms with Crippen LogP contribution in [0.15, 0.2) is 267 Å². The number of hydrogen-bond acceptors (Lipinski definition) is 6. The lowest BCUT2D eigenvalue weighted by Crippen LogP contribution is -2.27. The number of hydrogen-bond donors (Lipinski definition) is 0. The maximum atomic E-state index is 5.38. The molecule has 6 heteroatoms. The summed E-state index contributed by atoms with van der Waals surface area (Å²) in [5.41, 5.74) is 22.4. The molecule has 0 N–H and O–H groups in total. The molecule has 4 nitrogen and oxygen atoms in total. The highest BCUT2D eigenvalue weighted by molar-refractivity contribution is 7.26. The minimum atomic E-state index is 0.0292. The number of fused-ring (bicyclic) bond motifs is 6. The molecule has 15 aromatic rings. The number of nitrogens with zero attached hydrogens (tertiary/aromatic N) is 4. The predicted octanol–water partition coefficient (Wildman–Crippen LogP) is 20.3. The van der Waals surface area contributed by atoms with E-state index in [1.807, 2.05) is 22.7 Å². The van der Waals surface area contributed by atoms with Gasteiger partial charge in [-0.3, -0.25) is 0 Å². The lowest BCUT2D eigenvalue weighted by atomic mass is 9.61. The summed E-state index contributed by atoms with van der Waals surface area (Å²) in [5.74, 6) is 1.47. The highest BCUT2D eigenvalue weighted by Gasteiger charge is 2.41. The Morgan fingerprint density at radius 3 is 0.951 bits per heavy atom. The van der Waals surface area contributed by atoms with Crippen LogP contribution in [0.25, 0.3) is 130 Å². The van der Waals surface area contributed by atoms with Crippen molar-refractivity contribution in [2.24, 2.45) is 0 Å². The topological polar surface area (TPSA) is 51.6 Å². The maximum absolute atomic E-state index is 5.38. The molecule has 0 radical (unpaired) electrons. The van der Waals surface area contributed by atoms with E-state index < -0.39 is 0 Å². The van der Waals surface area contributed by atoms with E-state index >= 15 is 0 Å². The van der Waals surface area contributed by atoms with Crippen molar-refractivity contribution in [3.63, 3.8) is 0 Å². The smallest absolute Gasteiger partial charge is 0.160 e. The van der Waals surface area contributed by atoms with Gasteiger partial charge in [0.2, 0.25) is 0 Å². The first-order chi connectivity index (χ1) is 40.6. The molecule has 2 atom stereocenters. The van der Waals surface area contributed by atoms with E-state index in [1.165, 1.54) is 96.0 Å². The molecule has 0 fully saturated rings. The van der Waals surface area contributed by atoms with Gasteiger partial charge in [-0.15, -0.1) is 22.7 Å². The quantitative estimate of drug-likeness (QED) is 0.152. The summed E-state index contributed by atoms with van der Waals surface area (Å²) >= 11 is 3.71. The Morgan fingerprint density at radius 2 is 0.524 bits per heavy atom. The summed E-state index contributed by atoms with van der Waals surface area (Å²) in [7, 11) is 0. The van der Waals surface area contributed by atoms with Crippen molar-refractivity contribution in [3.05, 3.63) is 300 Å². The maximum Gasteiger partial charge on any atom is 0.160 e. The minimum absolute atomic E-state index is 0.0292. The first-order valence-corrected chi connectivity index (χ1v) is 29.5. The van der Waals surface area contributed by atoms with Crippen LogP contribution in [0.4, 0.5) is 0 Å². The van der Waals surface area contributed by atoms with E-state index in [1.54, 1.807) is 0 Å². The van der Waals surface area contributed by atoms with E-state index in [0.717, 1.165) is 56.2 Å². The molecular formula is C76H46N4S2. The molecule has 82 heavy (non-hydrogen) atoms. The fourth-order valence-electron chi connectivity index (χ4n) is 12.9. The van der Waals surface area contributed by atoms with Crippen LogP contribution in [-0.4, -0.2) is 19.9 Å². The second-order valence-corrected chi connectivity index (χ2v) is 23.8. The fourth-order valence-corrected chi connectivity index (χ4v) is 15.2. The van der Waals surface area contributed by atoms with Crippen molar-refractivity contribution >= 4 is 63.0 Å². The van der Waals surface area contributed by atoms with Crippen molar-refractivity contribution in [3.8, 4) is 90.1 Å². The van der Waals surface area contributed by atoms with Gasteiger partial charge in [0.05, 0.1) is 22.8 Å². The average Bonchev–Trinajstić information content (AvgIpc) is 1.26. The summed E-state index contributed by atoms with van der Waals surface area (Å²) in [6.45, 7) is 0. The monoisotopic (exact) mass is 1080 g/mol. The number of benzene rings is 11. The SMILES string of the molecule is c1ccc(-c2cc(-c3ccc(-c4ccc5c(c4)sc4ccccc45)cc3)nc(-c3ccc4c(c3)C3c5ccccc5[C@H]4c4cc(-c5nc(-c6ccccc6)cc(-c6ccc(-c7ccc8c(c7)sc7ccccc78)cc6)n5)ccc43)n2)cc1. The molecular weight excluding hydrogens is 1030 g/mol. The van der Waals surface area contributed by atoms with Crippen molar-refractivity contribution in [1.29, 1.82) is 0 Å². The van der Waals surface area contributed by atoms with E-state index in [9.17, 15) is 0 Å². The fraction of sp³-hybridized carbons (Fsp3) is 0.0263. The Morgan fingerprint density at radius 1 is 0.207 bits per heavy atom. The highest BCUT2D eigenvalue weighted by Crippen LogP contribution is 2.57.